The molecule has 0 aliphatic carbocycles. The highest BCUT2D eigenvalue weighted by atomic mass is 32.2. The molecular weight excluding hydrogens is 274 g/mol. The van der Waals surface area contributed by atoms with Gasteiger partial charge in [0.05, 0.1) is 17.3 Å². The van der Waals surface area contributed by atoms with Crippen molar-refractivity contribution >= 4 is 11.8 Å². The lowest BCUT2D eigenvalue weighted by atomic mass is 9.85. The second-order valence-electron chi connectivity index (χ2n) is 5.81. The molecule has 112 valence electrons. The van der Waals surface area contributed by atoms with E-state index in [0.29, 0.717) is 6.04 Å². The lowest BCUT2D eigenvalue weighted by Crippen LogP contribution is -2.43. The van der Waals surface area contributed by atoms with Crippen LogP contribution in [0, 0.1) is 0 Å². The zero-order valence-electron chi connectivity index (χ0n) is 11.8. The van der Waals surface area contributed by atoms with Crippen LogP contribution in [0.5, 0.6) is 0 Å². The van der Waals surface area contributed by atoms with E-state index >= 15 is 0 Å². The molecule has 0 bridgehead atoms. The van der Waals surface area contributed by atoms with Crippen LogP contribution in [0.15, 0.2) is 6.20 Å². The second-order valence-corrected chi connectivity index (χ2v) is 7.03. The van der Waals surface area contributed by atoms with Crippen molar-refractivity contribution < 1.29 is 9.84 Å². The summed E-state index contributed by atoms with van der Waals surface area (Å²) in [5, 5.41) is 17.4. The smallest absolute Gasteiger partial charge is 0.0828 e. The highest BCUT2D eigenvalue weighted by molar-refractivity contribution is 7.99. The van der Waals surface area contributed by atoms with Gasteiger partial charge < -0.3 is 9.84 Å². The summed E-state index contributed by atoms with van der Waals surface area (Å²) in [5.41, 5.74) is 1.07. The first-order chi connectivity index (χ1) is 9.81. The van der Waals surface area contributed by atoms with Crippen LogP contribution in [0.25, 0.3) is 0 Å². The Morgan fingerprint density at radius 3 is 3.10 bits per heavy atom. The lowest BCUT2D eigenvalue weighted by Gasteiger charge is -2.43. The first-order valence-electron chi connectivity index (χ1n) is 7.55. The van der Waals surface area contributed by atoms with E-state index in [1.807, 2.05) is 16.4 Å². The molecule has 1 aromatic heterocycles. The van der Waals surface area contributed by atoms with E-state index in [0.717, 1.165) is 38.0 Å². The number of hydrogen-bond acceptors (Lipinski definition) is 5. The molecular formula is C14H23N3O2S. The zero-order chi connectivity index (χ0) is 13.8. The van der Waals surface area contributed by atoms with Gasteiger partial charge in [0, 0.05) is 19.4 Å². The first kappa shape index (κ1) is 14.4. The molecule has 2 fully saturated rings. The normalized spacial score (nSPS) is 25.9. The Morgan fingerprint density at radius 2 is 2.30 bits per heavy atom. The van der Waals surface area contributed by atoms with Gasteiger partial charge in [0.15, 0.2) is 0 Å². The number of hydrogen-bond donors (Lipinski definition) is 1. The van der Waals surface area contributed by atoms with Gasteiger partial charge in [-0.05, 0) is 50.0 Å². The van der Waals surface area contributed by atoms with Gasteiger partial charge in [0.2, 0.25) is 0 Å². The van der Waals surface area contributed by atoms with Crippen LogP contribution in [0.1, 0.15) is 43.8 Å². The third-order valence-electron chi connectivity index (χ3n) is 4.39. The van der Waals surface area contributed by atoms with Crippen molar-refractivity contribution in [2.45, 2.75) is 50.2 Å². The number of aromatic nitrogens is 3. The van der Waals surface area contributed by atoms with E-state index in [1.165, 1.54) is 24.3 Å². The van der Waals surface area contributed by atoms with E-state index in [2.05, 4.69) is 16.5 Å². The van der Waals surface area contributed by atoms with Gasteiger partial charge in [-0.2, -0.15) is 11.8 Å². The molecule has 1 atom stereocenters. The number of aliphatic hydroxyl groups excluding tert-OH is 1. The molecule has 1 unspecified atom stereocenters. The summed E-state index contributed by atoms with van der Waals surface area (Å²) in [6.07, 6.45) is 8.04. The van der Waals surface area contributed by atoms with E-state index in [4.69, 9.17) is 9.84 Å². The quantitative estimate of drug-likeness (QED) is 0.918. The minimum Gasteiger partial charge on any atom is -0.396 e. The SMILES string of the molecule is OCCCc1cn(C2CCOC3(CCSCC3)C2)nn1. The third-order valence-corrected chi connectivity index (χ3v) is 5.38. The van der Waals surface area contributed by atoms with Crippen LogP contribution in [0.3, 0.4) is 0 Å². The number of aliphatic hydroxyl groups is 1. The monoisotopic (exact) mass is 297 g/mol. The summed E-state index contributed by atoms with van der Waals surface area (Å²) in [4.78, 5) is 0. The van der Waals surface area contributed by atoms with Gasteiger partial charge >= 0.3 is 0 Å². The molecule has 3 rings (SSSR count). The Balaban J connectivity index is 1.65. The predicted octanol–water partition coefficient (Wildman–Crippen LogP) is 1.82. The fraction of sp³-hybridized carbons (Fsp3) is 0.857. The number of thioether (sulfide) groups is 1. The highest BCUT2D eigenvalue weighted by Crippen LogP contribution is 2.41. The van der Waals surface area contributed by atoms with E-state index < -0.39 is 0 Å². The Bertz CT molecular complexity index is 426. The fourth-order valence-corrected chi connectivity index (χ4v) is 4.42. The summed E-state index contributed by atoms with van der Waals surface area (Å²) in [6, 6.07) is 0.419. The fourth-order valence-electron chi connectivity index (χ4n) is 3.19. The van der Waals surface area contributed by atoms with Crippen molar-refractivity contribution in [2.75, 3.05) is 24.7 Å². The van der Waals surface area contributed by atoms with Gasteiger partial charge in [-0.15, -0.1) is 5.10 Å². The van der Waals surface area contributed by atoms with Gasteiger partial charge in [0.25, 0.3) is 0 Å². The predicted molar refractivity (Wildman–Crippen MR) is 78.9 cm³/mol. The van der Waals surface area contributed by atoms with Crippen LogP contribution in [0.2, 0.25) is 0 Å². The largest absolute Gasteiger partial charge is 0.396 e. The van der Waals surface area contributed by atoms with Crippen LogP contribution in [-0.2, 0) is 11.2 Å². The molecule has 3 heterocycles. The molecule has 1 N–H and O–H groups in total. The Hall–Kier alpha value is -0.590. The summed E-state index contributed by atoms with van der Waals surface area (Å²) < 4.78 is 8.15. The van der Waals surface area contributed by atoms with Crippen LogP contribution in [0.4, 0.5) is 0 Å². The summed E-state index contributed by atoms with van der Waals surface area (Å²) in [7, 11) is 0. The molecule has 6 heteroatoms. The average Bonchev–Trinajstić information content (AvgIpc) is 2.95. The maximum atomic E-state index is 8.88. The summed E-state index contributed by atoms with van der Waals surface area (Å²) in [5.74, 6) is 2.43. The first-order valence-corrected chi connectivity index (χ1v) is 8.70. The number of ether oxygens (including phenoxy) is 1. The molecule has 2 saturated heterocycles. The minimum atomic E-state index is 0.0887. The molecule has 0 saturated carbocycles. The molecule has 1 spiro atoms. The topological polar surface area (TPSA) is 60.2 Å². The van der Waals surface area contributed by atoms with Crippen LogP contribution >= 0.6 is 11.8 Å². The minimum absolute atomic E-state index is 0.0887. The standard InChI is InChI=1S/C14H23N3O2S/c18-6-1-2-12-11-17(16-15-12)13-3-7-19-14(10-13)4-8-20-9-5-14/h11,13,18H,1-10H2. The maximum absolute atomic E-state index is 8.88. The summed E-state index contributed by atoms with van der Waals surface area (Å²) in [6.45, 7) is 1.05. The molecule has 2 aliphatic rings. The Morgan fingerprint density at radius 1 is 1.45 bits per heavy atom. The molecule has 2 aliphatic heterocycles. The summed E-state index contributed by atoms with van der Waals surface area (Å²) >= 11 is 2.03. The van der Waals surface area contributed by atoms with Gasteiger partial charge in [-0.1, -0.05) is 5.21 Å². The van der Waals surface area contributed by atoms with Crippen molar-refractivity contribution in [3.05, 3.63) is 11.9 Å². The Kier molecular flexibility index (Phi) is 4.63. The molecule has 0 amide bonds. The van der Waals surface area contributed by atoms with E-state index in [9.17, 15) is 0 Å². The molecule has 0 radical (unpaired) electrons. The molecule has 20 heavy (non-hydrogen) atoms. The van der Waals surface area contributed by atoms with Crippen molar-refractivity contribution in [3.63, 3.8) is 0 Å². The lowest BCUT2D eigenvalue weighted by molar-refractivity contribution is -0.100. The van der Waals surface area contributed by atoms with Crippen molar-refractivity contribution in [3.8, 4) is 0 Å². The van der Waals surface area contributed by atoms with Gasteiger partial charge in [-0.25, -0.2) is 4.68 Å². The van der Waals surface area contributed by atoms with Crippen LogP contribution < -0.4 is 0 Å². The van der Waals surface area contributed by atoms with Gasteiger partial charge in [0.1, 0.15) is 0 Å². The van der Waals surface area contributed by atoms with E-state index in [1.54, 1.807) is 0 Å². The molecule has 0 aromatic carbocycles. The number of aryl methyl sites for hydroxylation is 1. The molecule has 1 aromatic rings. The zero-order valence-corrected chi connectivity index (χ0v) is 12.6. The molecule has 5 nitrogen and oxygen atoms in total. The van der Waals surface area contributed by atoms with Crippen molar-refractivity contribution in [1.29, 1.82) is 0 Å². The van der Waals surface area contributed by atoms with Crippen molar-refractivity contribution in [2.24, 2.45) is 0 Å². The maximum Gasteiger partial charge on any atom is 0.0828 e. The average molecular weight is 297 g/mol. The van der Waals surface area contributed by atoms with Crippen LogP contribution in [-0.4, -0.2) is 50.4 Å². The second kappa shape index (κ2) is 6.45. The van der Waals surface area contributed by atoms with Gasteiger partial charge in [-0.3, -0.25) is 0 Å². The highest BCUT2D eigenvalue weighted by Gasteiger charge is 2.39. The van der Waals surface area contributed by atoms with E-state index in [-0.39, 0.29) is 12.2 Å². The van der Waals surface area contributed by atoms with Crippen molar-refractivity contribution in [1.82, 2.24) is 15.0 Å². The Labute approximate surface area is 124 Å². The third kappa shape index (κ3) is 3.18. The number of rotatable bonds is 4. The number of nitrogens with zero attached hydrogens (tertiary/aromatic N) is 3.